The van der Waals surface area contributed by atoms with Crippen molar-refractivity contribution >= 4 is 11.8 Å². The molecular weight excluding hydrogens is 333 g/mol. The van der Waals surface area contributed by atoms with E-state index >= 15 is 0 Å². The van der Waals surface area contributed by atoms with Gasteiger partial charge in [0.1, 0.15) is 5.82 Å². The molecule has 0 bridgehead atoms. The maximum Gasteiger partial charge on any atom is 0.253 e. The molecule has 2 fully saturated rings. The molecule has 1 unspecified atom stereocenters. The van der Waals surface area contributed by atoms with Crippen molar-refractivity contribution in [2.75, 3.05) is 13.1 Å². The number of hydrogen-bond acceptors (Lipinski definition) is 3. The largest absolute Gasteiger partial charge is 0.350 e. The summed E-state index contributed by atoms with van der Waals surface area (Å²) in [5.74, 6) is -0.582. The lowest BCUT2D eigenvalue weighted by Gasteiger charge is -2.39. The highest BCUT2D eigenvalue weighted by Crippen LogP contribution is 2.39. The molecule has 4 rings (SSSR count). The summed E-state index contributed by atoms with van der Waals surface area (Å²) in [6.45, 7) is 1.16. The molecule has 1 aromatic heterocycles. The van der Waals surface area contributed by atoms with Crippen LogP contribution in [0.3, 0.4) is 0 Å². The molecule has 5 nitrogen and oxygen atoms in total. The van der Waals surface area contributed by atoms with Gasteiger partial charge in [0.15, 0.2) is 0 Å². The van der Waals surface area contributed by atoms with Crippen LogP contribution in [0.25, 0.3) is 0 Å². The predicted molar refractivity (Wildman–Crippen MR) is 94.0 cm³/mol. The van der Waals surface area contributed by atoms with Crippen molar-refractivity contribution in [3.05, 3.63) is 65.7 Å². The Morgan fingerprint density at radius 1 is 1.19 bits per heavy atom. The van der Waals surface area contributed by atoms with Gasteiger partial charge >= 0.3 is 0 Å². The third-order valence-corrected chi connectivity index (χ3v) is 5.49. The number of benzene rings is 1. The van der Waals surface area contributed by atoms with Crippen molar-refractivity contribution in [1.82, 2.24) is 15.2 Å². The summed E-state index contributed by atoms with van der Waals surface area (Å²) in [5, 5.41) is 3.17. The van der Waals surface area contributed by atoms with E-state index in [4.69, 9.17) is 0 Å². The first kappa shape index (κ1) is 16.7. The summed E-state index contributed by atoms with van der Waals surface area (Å²) in [4.78, 5) is 30.9. The van der Waals surface area contributed by atoms with Gasteiger partial charge in [0.25, 0.3) is 5.91 Å². The van der Waals surface area contributed by atoms with Crippen LogP contribution in [-0.4, -0.2) is 40.3 Å². The molecule has 0 radical (unpaired) electrons. The Bertz CT molecular complexity index is 815. The fourth-order valence-corrected chi connectivity index (χ4v) is 3.98. The maximum absolute atomic E-state index is 13.0. The van der Waals surface area contributed by atoms with Crippen molar-refractivity contribution in [2.24, 2.45) is 0 Å². The van der Waals surface area contributed by atoms with Crippen LogP contribution in [0.4, 0.5) is 4.39 Å². The lowest BCUT2D eigenvalue weighted by Crippen LogP contribution is -2.52. The number of piperidine rings is 1. The second-order valence-corrected chi connectivity index (χ2v) is 7.11. The van der Waals surface area contributed by atoms with Gasteiger partial charge in [-0.05, 0) is 55.2 Å². The lowest BCUT2D eigenvalue weighted by molar-refractivity contribution is -0.121. The standard InChI is InChI=1S/C20H20FN3O2/c21-16-5-3-14(4-6-16)19(26)24-10-7-20(8-11-24)12-17(18(25)23-20)15-2-1-9-22-13-15/h1-6,9,13,17H,7-8,10-12H2,(H,23,25). The minimum Gasteiger partial charge on any atom is -0.350 e. The summed E-state index contributed by atoms with van der Waals surface area (Å²) >= 11 is 0. The van der Waals surface area contributed by atoms with Gasteiger partial charge < -0.3 is 10.2 Å². The number of rotatable bonds is 2. The number of hydrogen-bond donors (Lipinski definition) is 1. The first-order chi connectivity index (χ1) is 12.6. The van der Waals surface area contributed by atoms with E-state index in [1.54, 1.807) is 17.3 Å². The smallest absolute Gasteiger partial charge is 0.253 e. The van der Waals surface area contributed by atoms with Crippen LogP contribution in [0.15, 0.2) is 48.8 Å². The molecule has 1 atom stereocenters. The molecule has 0 aliphatic carbocycles. The monoisotopic (exact) mass is 353 g/mol. The molecule has 2 amide bonds. The minimum atomic E-state index is -0.353. The van der Waals surface area contributed by atoms with Gasteiger partial charge in [-0.15, -0.1) is 0 Å². The van der Waals surface area contributed by atoms with Gasteiger partial charge in [-0.1, -0.05) is 6.07 Å². The Balaban J connectivity index is 1.43. The topological polar surface area (TPSA) is 62.3 Å². The van der Waals surface area contributed by atoms with Crippen LogP contribution in [0.5, 0.6) is 0 Å². The number of nitrogens with zero attached hydrogens (tertiary/aromatic N) is 2. The molecule has 1 spiro atoms. The molecule has 2 aliphatic heterocycles. The lowest BCUT2D eigenvalue weighted by atomic mass is 9.82. The Labute approximate surface area is 151 Å². The molecule has 26 heavy (non-hydrogen) atoms. The Hall–Kier alpha value is -2.76. The van der Waals surface area contributed by atoms with Gasteiger partial charge in [-0.25, -0.2) is 4.39 Å². The first-order valence-corrected chi connectivity index (χ1v) is 8.83. The second-order valence-electron chi connectivity index (χ2n) is 7.11. The van der Waals surface area contributed by atoms with E-state index < -0.39 is 0 Å². The van der Waals surface area contributed by atoms with E-state index in [2.05, 4.69) is 10.3 Å². The number of nitrogens with one attached hydrogen (secondary N) is 1. The van der Waals surface area contributed by atoms with Crippen molar-refractivity contribution < 1.29 is 14.0 Å². The van der Waals surface area contributed by atoms with E-state index in [1.165, 1.54) is 24.3 Å². The van der Waals surface area contributed by atoms with E-state index in [9.17, 15) is 14.0 Å². The summed E-state index contributed by atoms with van der Waals surface area (Å²) in [7, 11) is 0. The molecule has 1 aromatic carbocycles. The Kier molecular flexibility index (Phi) is 4.18. The van der Waals surface area contributed by atoms with Crippen LogP contribution < -0.4 is 5.32 Å². The zero-order valence-corrected chi connectivity index (χ0v) is 14.3. The quantitative estimate of drug-likeness (QED) is 0.902. The van der Waals surface area contributed by atoms with Crippen molar-refractivity contribution in [2.45, 2.75) is 30.7 Å². The van der Waals surface area contributed by atoms with Gasteiger partial charge in [-0.2, -0.15) is 0 Å². The van der Waals surface area contributed by atoms with Crippen molar-refractivity contribution in [3.8, 4) is 0 Å². The summed E-state index contributed by atoms with van der Waals surface area (Å²) in [6.07, 6.45) is 5.63. The molecule has 134 valence electrons. The SMILES string of the molecule is O=C1NC2(CCN(C(=O)c3ccc(F)cc3)CC2)CC1c1cccnc1. The highest BCUT2D eigenvalue weighted by atomic mass is 19.1. The Morgan fingerprint density at radius 3 is 2.58 bits per heavy atom. The number of aromatic nitrogens is 1. The fourth-order valence-electron chi connectivity index (χ4n) is 3.98. The average Bonchev–Trinajstić information content (AvgIpc) is 2.99. The average molecular weight is 353 g/mol. The molecule has 3 heterocycles. The van der Waals surface area contributed by atoms with E-state index in [0.717, 1.165) is 24.8 Å². The molecule has 0 saturated carbocycles. The van der Waals surface area contributed by atoms with Crippen LogP contribution in [0.2, 0.25) is 0 Å². The van der Waals surface area contributed by atoms with Gasteiger partial charge in [-0.3, -0.25) is 14.6 Å². The number of likely N-dealkylation sites (tertiary alicyclic amines) is 1. The van der Waals surface area contributed by atoms with E-state index in [1.807, 2.05) is 12.1 Å². The zero-order chi connectivity index (χ0) is 18.1. The van der Waals surface area contributed by atoms with Crippen LogP contribution in [0.1, 0.15) is 41.1 Å². The van der Waals surface area contributed by atoms with Crippen molar-refractivity contribution in [1.29, 1.82) is 0 Å². The minimum absolute atomic E-state index is 0.0383. The Morgan fingerprint density at radius 2 is 1.92 bits per heavy atom. The second kappa shape index (κ2) is 6.52. The molecule has 2 aromatic rings. The molecular formula is C20H20FN3O2. The number of carbonyl (C=O) groups excluding carboxylic acids is 2. The highest BCUT2D eigenvalue weighted by Gasteiger charge is 2.46. The molecule has 6 heteroatoms. The van der Waals surface area contributed by atoms with Gasteiger partial charge in [0.05, 0.1) is 5.92 Å². The van der Waals surface area contributed by atoms with Crippen LogP contribution >= 0.6 is 0 Å². The summed E-state index contributed by atoms with van der Waals surface area (Å²) in [6, 6.07) is 9.40. The number of carbonyl (C=O) groups is 2. The summed E-state index contributed by atoms with van der Waals surface area (Å²) in [5.41, 5.74) is 1.18. The maximum atomic E-state index is 13.0. The highest BCUT2D eigenvalue weighted by molar-refractivity contribution is 5.94. The molecule has 1 N–H and O–H groups in total. The fraction of sp³-hybridized carbons (Fsp3) is 0.350. The number of pyridine rings is 1. The first-order valence-electron chi connectivity index (χ1n) is 8.83. The van der Waals surface area contributed by atoms with E-state index in [-0.39, 0.29) is 29.1 Å². The van der Waals surface area contributed by atoms with Gasteiger partial charge in [0, 0.05) is 36.6 Å². The number of halogens is 1. The van der Waals surface area contributed by atoms with E-state index in [0.29, 0.717) is 18.7 Å². The molecule has 2 saturated heterocycles. The van der Waals surface area contributed by atoms with Crippen LogP contribution in [-0.2, 0) is 4.79 Å². The van der Waals surface area contributed by atoms with Crippen molar-refractivity contribution in [3.63, 3.8) is 0 Å². The predicted octanol–water partition coefficient (Wildman–Crippen LogP) is 2.50. The number of amides is 2. The normalized spacial score (nSPS) is 21.7. The molecule has 2 aliphatic rings. The third-order valence-electron chi connectivity index (χ3n) is 5.49. The van der Waals surface area contributed by atoms with Gasteiger partial charge in [0.2, 0.25) is 5.91 Å². The van der Waals surface area contributed by atoms with Crippen LogP contribution in [0, 0.1) is 5.82 Å². The zero-order valence-electron chi connectivity index (χ0n) is 14.3. The summed E-state index contributed by atoms with van der Waals surface area (Å²) < 4.78 is 13.0. The third kappa shape index (κ3) is 3.07.